The van der Waals surface area contributed by atoms with Gasteiger partial charge in [-0.2, -0.15) is 4.98 Å². The van der Waals surface area contributed by atoms with E-state index in [9.17, 15) is 9.18 Å². The first-order valence-electron chi connectivity index (χ1n) is 10.7. The molecule has 3 atom stereocenters. The number of rotatable bonds is 6. The lowest BCUT2D eigenvalue weighted by Gasteiger charge is -2.22. The molecule has 6 rings (SSSR count). The third kappa shape index (κ3) is 3.22. The molecule has 11 heteroatoms. The molecular weight excluding hydrogens is 427 g/mol. The van der Waals surface area contributed by atoms with Crippen LogP contribution in [0.15, 0.2) is 45.2 Å². The topological polar surface area (TPSA) is 107 Å². The minimum atomic E-state index is -0.256. The fourth-order valence-electron chi connectivity index (χ4n) is 4.90. The van der Waals surface area contributed by atoms with Gasteiger partial charge >= 0.3 is 0 Å². The third-order valence-electron chi connectivity index (χ3n) is 6.67. The first kappa shape index (κ1) is 19.8. The number of aryl methyl sites for hydroxylation is 1. The van der Waals surface area contributed by atoms with Crippen molar-refractivity contribution in [1.29, 1.82) is 0 Å². The molecule has 1 aromatic carbocycles. The van der Waals surface area contributed by atoms with Crippen molar-refractivity contribution in [2.75, 3.05) is 18.0 Å². The number of hydrogen-bond donors (Lipinski definition) is 0. The zero-order valence-corrected chi connectivity index (χ0v) is 17.9. The molecule has 0 amide bonds. The fourth-order valence-corrected chi connectivity index (χ4v) is 4.90. The molecule has 1 unspecified atom stereocenters. The smallest absolute Gasteiger partial charge is 0.280 e. The molecule has 4 aromatic rings. The van der Waals surface area contributed by atoms with E-state index in [1.165, 1.54) is 10.9 Å². The van der Waals surface area contributed by atoms with Crippen LogP contribution in [0.3, 0.4) is 0 Å². The second kappa shape index (κ2) is 7.32. The summed E-state index contributed by atoms with van der Waals surface area (Å²) >= 11 is 0. The molecule has 1 saturated heterocycles. The van der Waals surface area contributed by atoms with E-state index in [1.807, 2.05) is 6.07 Å². The molecule has 1 aliphatic carbocycles. The van der Waals surface area contributed by atoms with Crippen molar-refractivity contribution in [3.8, 4) is 0 Å². The molecule has 168 valence electrons. The number of anilines is 1. The van der Waals surface area contributed by atoms with Crippen molar-refractivity contribution in [2.24, 2.45) is 23.9 Å². The highest BCUT2D eigenvalue weighted by atomic mass is 19.1. The summed E-state index contributed by atoms with van der Waals surface area (Å²) in [5.41, 5.74) is 2.05. The van der Waals surface area contributed by atoms with Gasteiger partial charge in [-0.05, 0) is 30.7 Å². The quantitative estimate of drug-likeness (QED) is 0.414. The largest absolute Gasteiger partial charge is 0.371 e. The summed E-state index contributed by atoms with van der Waals surface area (Å²) in [4.78, 5) is 31.5. The summed E-state index contributed by atoms with van der Waals surface area (Å²) in [7, 11) is 1.75. The van der Waals surface area contributed by atoms with Crippen molar-refractivity contribution in [2.45, 2.75) is 19.0 Å². The maximum atomic E-state index is 14.3. The Balaban J connectivity index is 1.14. The highest BCUT2D eigenvalue weighted by Gasteiger charge is 2.58. The summed E-state index contributed by atoms with van der Waals surface area (Å²) in [6.07, 6.45) is 3.01. The van der Waals surface area contributed by atoms with Crippen LogP contribution in [0.5, 0.6) is 0 Å². The molecule has 0 spiro atoms. The van der Waals surface area contributed by atoms with Crippen molar-refractivity contribution >= 4 is 23.6 Å². The first-order chi connectivity index (χ1) is 16.0. The van der Waals surface area contributed by atoms with E-state index in [0.717, 1.165) is 18.8 Å². The van der Waals surface area contributed by atoms with E-state index >= 15 is 0 Å². The van der Waals surface area contributed by atoms with Crippen LogP contribution in [0.4, 0.5) is 10.1 Å². The van der Waals surface area contributed by atoms with E-state index in [1.54, 1.807) is 30.1 Å². The fraction of sp³-hybridized carbons (Fsp3) is 0.364. The third-order valence-corrected chi connectivity index (χ3v) is 6.67. The molecular formula is C22H21FN8O2. The Hall–Kier alpha value is -3.89. The zero-order valence-electron chi connectivity index (χ0n) is 17.9. The van der Waals surface area contributed by atoms with Crippen LogP contribution in [-0.2, 0) is 20.1 Å². The van der Waals surface area contributed by atoms with E-state index in [0.29, 0.717) is 40.3 Å². The summed E-state index contributed by atoms with van der Waals surface area (Å²) in [5.74, 6) is 1.81. The molecule has 0 N–H and O–H groups in total. The van der Waals surface area contributed by atoms with Gasteiger partial charge in [0.25, 0.3) is 5.56 Å². The van der Waals surface area contributed by atoms with Crippen LogP contribution >= 0.6 is 0 Å². The number of benzene rings is 1. The Morgan fingerprint density at radius 3 is 2.79 bits per heavy atom. The highest BCUT2D eigenvalue weighted by Crippen LogP contribution is 2.57. The van der Waals surface area contributed by atoms with Crippen LogP contribution in [0.25, 0.3) is 11.2 Å². The second-order valence-electron chi connectivity index (χ2n) is 8.67. The summed E-state index contributed by atoms with van der Waals surface area (Å²) in [6.45, 7) is 5.49. The summed E-state index contributed by atoms with van der Waals surface area (Å²) in [5, 5.41) is 4.17. The summed E-state index contributed by atoms with van der Waals surface area (Å²) in [6, 6.07) is 5.27. The molecule has 10 nitrogen and oxygen atoms in total. The standard InChI is InChI=1S/C22H21FN8O2/c1-24-6-12-3-4-13(5-16(12)23)30-7-14-15(8-30)18(14)20-27-17(33-28-20)9-31-11-26-21-19(22(31)32)29(2)10-25-21/h3-5,10-11,14-15,18H,1,6-9H2,2H3/t14-,15+,18?. The van der Waals surface area contributed by atoms with E-state index < -0.39 is 0 Å². The van der Waals surface area contributed by atoms with Crippen molar-refractivity contribution in [3.63, 3.8) is 0 Å². The Morgan fingerprint density at radius 2 is 2.03 bits per heavy atom. The lowest BCUT2D eigenvalue weighted by Crippen LogP contribution is -2.24. The molecule has 1 saturated carbocycles. The lowest BCUT2D eigenvalue weighted by atomic mass is 10.1. The molecule has 0 bridgehead atoms. The van der Waals surface area contributed by atoms with Crippen LogP contribution in [0.1, 0.15) is 23.2 Å². The molecule has 2 fully saturated rings. The molecule has 4 heterocycles. The maximum absolute atomic E-state index is 14.3. The van der Waals surface area contributed by atoms with Gasteiger partial charge in [-0.1, -0.05) is 11.2 Å². The highest BCUT2D eigenvalue weighted by molar-refractivity contribution is 5.68. The molecule has 3 aromatic heterocycles. The molecule has 0 radical (unpaired) electrons. The first-order valence-corrected chi connectivity index (χ1v) is 10.7. The number of fused-ring (bicyclic) bond motifs is 2. The van der Waals surface area contributed by atoms with E-state index in [4.69, 9.17) is 4.52 Å². The average Bonchev–Trinajstić information content (AvgIpc) is 3.21. The molecule has 33 heavy (non-hydrogen) atoms. The Kier molecular flexibility index (Phi) is 4.39. The Labute approximate surface area is 187 Å². The predicted octanol–water partition coefficient (Wildman–Crippen LogP) is 1.75. The number of aromatic nitrogens is 6. The van der Waals surface area contributed by atoms with Crippen LogP contribution < -0.4 is 10.5 Å². The minimum Gasteiger partial charge on any atom is -0.371 e. The van der Waals surface area contributed by atoms with Gasteiger partial charge in [0.05, 0.1) is 12.9 Å². The van der Waals surface area contributed by atoms with Gasteiger partial charge < -0.3 is 14.0 Å². The Morgan fingerprint density at radius 1 is 1.24 bits per heavy atom. The zero-order chi connectivity index (χ0) is 22.7. The van der Waals surface area contributed by atoms with Gasteiger partial charge in [-0.3, -0.25) is 14.4 Å². The predicted molar refractivity (Wildman–Crippen MR) is 118 cm³/mol. The van der Waals surface area contributed by atoms with Gasteiger partial charge in [-0.15, -0.1) is 0 Å². The van der Waals surface area contributed by atoms with Crippen molar-refractivity contribution < 1.29 is 8.91 Å². The minimum absolute atomic E-state index is 0.152. The van der Waals surface area contributed by atoms with Crippen LogP contribution in [-0.4, -0.2) is 49.0 Å². The van der Waals surface area contributed by atoms with Crippen LogP contribution in [0.2, 0.25) is 0 Å². The van der Waals surface area contributed by atoms with Gasteiger partial charge in [0, 0.05) is 37.3 Å². The van der Waals surface area contributed by atoms with E-state index in [2.05, 4.69) is 36.7 Å². The van der Waals surface area contributed by atoms with Crippen molar-refractivity contribution in [3.05, 3.63) is 64.3 Å². The van der Waals surface area contributed by atoms with Crippen molar-refractivity contribution in [1.82, 2.24) is 29.2 Å². The normalized spacial score (nSPS) is 21.5. The maximum Gasteiger partial charge on any atom is 0.280 e. The average molecular weight is 448 g/mol. The van der Waals surface area contributed by atoms with Gasteiger partial charge in [-0.25, -0.2) is 14.4 Å². The number of halogens is 1. The summed E-state index contributed by atoms with van der Waals surface area (Å²) < 4.78 is 22.8. The Bertz CT molecular complexity index is 1430. The number of nitrogens with zero attached hydrogens (tertiary/aromatic N) is 8. The van der Waals surface area contributed by atoms with Gasteiger partial charge in [0.1, 0.15) is 18.7 Å². The number of imidazole rings is 1. The van der Waals surface area contributed by atoms with Crippen LogP contribution in [0, 0.1) is 17.7 Å². The number of hydrogen-bond acceptors (Lipinski definition) is 8. The van der Waals surface area contributed by atoms with E-state index in [-0.39, 0.29) is 30.4 Å². The van der Waals surface area contributed by atoms with Gasteiger partial charge in [0.2, 0.25) is 5.89 Å². The molecule has 2 aliphatic rings. The number of piperidine rings is 1. The molecule has 1 aliphatic heterocycles. The second-order valence-corrected chi connectivity index (χ2v) is 8.67. The SMILES string of the molecule is C=NCc1ccc(N2C[C@@H]3C(c4noc(Cn5cnc6ncn(C)c6c5=O)n4)[C@@H]3C2)cc1F. The number of aliphatic imine (C=N–C) groups is 1. The monoisotopic (exact) mass is 448 g/mol. The van der Waals surface area contributed by atoms with Gasteiger partial charge in [0.15, 0.2) is 17.0 Å². The lowest BCUT2D eigenvalue weighted by molar-refractivity contribution is 0.363.